The van der Waals surface area contributed by atoms with Crippen LogP contribution in [0.3, 0.4) is 0 Å². The monoisotopic (exact) mass is 672 g/mol. The van der Waals surface area contributed by atoms with Crippen LogP contribution in [-0.2, 0) is 36.5 Å². The molecule has 4 aromatic rings. The van der Waals surface area contributed by atoms with E-state index < -0.39 is 12.4 Å². The summed E-state index contributed by atoms with van der Waals surface area (Å²) in [6.45, 7) is 14.2. The van der Waals surface area contributed by atoms with Crippen LogP contribution in [0.1, 0.15) is 101 Å². The van der Waals surface area contributed by atoms with Gasteiger partial charge in [-0.3, -0.25) is 0 Å². The maximum atomic E-state index is 6.92. The summed E-state index contributed by atoms with van der Waals surface area (Å²) >= 11 is 0. The van der Waals surface area contributed by atoms with E-state index in [0.29, 0.717) is 18.1 Å². The van der Waals surface area contributed by atoms with Gasteiger partial charge in [0.15, 0.2) is 34.5 Å². The minimum absolute atomic E-state index is 0.0119. The first-order valence-electron chi connectivity index (χ1n) is 18.6. The van der Waals surface area contributed by atoms with E-state index in [1.54, 1.807) is 0 Å². The van der Waals surface area contributed by atoms with Gasteiger partial charge in [-0.25, -0.2) is 0 Å². The maximum Gasteiger partial charge on any atom is 0.281 e. The molecule has 2 unspecified atom stereocenters. The summed E-state index contributed by atoms with van der Waals surface area (Å²) in [6.07, 6.45) is 8.13. The zero-order chi connectivity index (χ0) is 34.4. The topological polar surface area (TPSA) is 55.4 Å². The smallest absolute Gasteiger partial charge is 0.281 e. The van der Waals surface area contributed by atoms with E-state index >= 15 is 0 Å². The molecule has 6 nitrogen and oxygen atoms in total. The summed E-state index contributed by atoms with van der Waals surface area (Å²) in [6, 6.07) is 17.2. The van der Waals surface area contributed by atoms with Gasteiger partial charge >= 0.3 is 0 Å². The Hall–Kier alpha value is -4.32. The highest BCUT2D eigenvalue weighted by atomic mass is 16.7. The number of benzene rings is 4. The number of rotatable bonds is 3. The van der Waals surface area contributed by atoms with Crippen LogP contribution in [0, 0.1) is 0 Å². The van der Waals surface area contributed by atoms with Gasteiger partial charge in [0.2, 0.25) is 12.9 Å². The molecule has 3 heterocycles. The fraction of sp³-hybridized carbons (Fsp3) is 0.455. The third-order valence-electron chi connectivity index (χ3n) is 11.2. The predicted molar refractivity (Wildman–Crippen MR) is 196 cm³/mol. The summed E-state index contributed by atoms with van der Waals surface area (Å²) in [5.74, 6) is 4.56. The van der Waals surface area contributed by atoms with Crippen molar-refractivity contribution in [2.24, 2.45) is 0 Å². The van der Waals surface area contributed by atoms with E-state index in [4.69, 9.17) is 28.4 Å². The maximum absolute atomic E-state index is 6.92. The van der Waals surface area contributed by atoms with Gasteiger partial charge in [0.25, 0.3) is 6.29 Å². The standard InChI is InChI=1S/C44H48O6/c1-43(2,3)30-19-18-25-12-7-9-14-27(25)36(30)38-28-15-10-8-13-26(28)22-34-41(38)45-23-35(48-34)42-49-33-17-11-16-29(39(33)50-42)37-31(44(4,5)6)20-21-32-40(37)47-24-46-32/h11,16-22,35,42H,7-10,12-15,23-24H2,1-6H3. The largest absolute Gasteiger partial charge is 0.485 e. The van der Waals surface area contributed by atoms with Gasteiger partial charge in [-0.05, 0) is 119 Å². The Morgan fingerprint density at radius 1 is 0.540 bits per heavy atom. The second-order valence-electron chi connectivity index (χ2n) is 16.7. The normalized spacial score (nSPS) is 20.4. The van der Waals surface area contributed by atoms with E-state index in [0.717, 1.165) is 65.4 Å². The minimum Gasteiger partial charge on any atom is -0.485 e. The van der Waals surface area contributed by atoms with Crippen molar-refractivity contribution in [3.8, 4) is 56.8 Å². The SMILES string of the molecule is CC(C)(C)c1ccc2c(c1-c1c3c(cc4c1OCC(C1Oc5cccc(-c6c(C(C)(C)C)ccc7c6OCO7)c5O1)O4)CCCC3)CCCC2. The van der Waals surface area contributed by atoms with Crippen molar-refractivity contribution in [1.29, 1.82) is 0 Å². The highest BCUT2D eigenvalue weighted by molar-refractivity contribution is 5.86. The van der Waals surface area contributed by atoms with E-state index in [-0.39, 0.29) is 17.6 Å². The molecule has 6 heteroatoms. The molecule has 5 aliphatic rings. The Morgan fingerprint density at radius 3 is 2.00 bits per heavy atom. The number of ether oxygens (including phenoxy) is 6. The van der Waals surface area contributed by atoms with Gasteiger partial charge in [-0.2, -0.15) is 0 Å². The van der Waals surface area contributed by atoms with Crippen LogP contribution in [-0.4, -0.2) is 25.8 Å². The summed E-state index contributed by atoms with van der Waals surface area (Å²) < 4.78 is 38.9. The molecule has 0 bridgehead atoms. The first-order chi connectivity index (χ1) is 24.1. The van der Waals surface area contributed by atoms with Crippen molar-refractivity contribution in [2.75, 3.05) is 13.4 Å². The number of hydrogen-bond donors (Lipinski definition) is 0. The molecular weight excluding hydrogens is 624 g/mol. The van der Waals surface area contributed by atoms with E-state index in [1.165, 1.54) is 64.6 Å². The summed E-state index contributed by atoms with van der Waals surface area (Å²) in [7, 11) is 0. The van der Waals surface area contributed by atoms with E-state index in [2.05, 4.69) is 71.9 Å². The lowest BCUT2D eigenvalue weighted by Gasteiger charge is -2.35. The first kappa shape index (κ1) is 31.6. The van der Waals surface area contributed by atoms with Gasteiger partial charge in [-0.15, -0.1) is 0 Å². The molecule has 0 radical (unpaired) electrons. The molecule has 3 aliphatic heterocycles. The van der Waals surface area contributed by atoms with Crippen LogP contribution in [0.4, 0.5) is 0 Å². The highest BCUT2D eigenvalue weighted by Gasteiger charge is 2.42. The molecule has 0 saturated carbocycles. The third-order valence-corrected chi connectivity index (χ3v) is 11.2. The molecular formula is C44H48O6. The van der Waals surface area contributed by atoms with Gasteiger partial charge < -0.3 is 28.4 Å². The molecule has 9 rings (SSSR count). The Balaban J connectivity index is 1.11. The van der Waals surface area contributed by atoms with Crippen LogP contribution in [0.25, 0.3) is 22.3 Å². The lowest BCUT2D eigenvalue weighted by atomic mass is 9.73. The average molecular weight is 673 g/mol. The summed E-state index contributed by atoms with van der Waals surface area (Å²) in [5, 5.41) is 0. The second-order valence-corrected chi connectivity index (χ2v) is 16.7. The summed E-state index contributed by atoms with van der Waals surface area (Å²) in [4.78, 5) is 0. The van der Waals surface area contributed by atoms with Crippen molar-refractivity contribution in [1.82, 2.24) is 0 Å². The van der Waals surface area contributed by atoms with Crippen LogP contribution in [0.5, 0.6) is 34.5 Å². The van der Waals surface area contributed by atoms with E-state index in [9.17, 15) is 0 Å². The number of hydrogen-bond acceptors (Lipinski definition) is 6. The van der Waals surface area contributed by atoms with E-state index in [1.807, 2.05) is 18.2 Å². The Labute approximate surface area is 296 Å². The average Bonchev–Trinajstić information content (AvgIpc) is 3.76. The van der Waals surface area contributed by atoms with Crippen LogP contribution in [0.2, 0.25) is 0 Å². The van der Waals surface area contributed by atoms with Crippen LogP contribution >= 0.6 is 0 Å². The predicted octanol–water partition coefficient (Wildman–Crippen LogP) is 10.0. The van der Waals surface area contributed by atoms with Crippen molar-refractivity contribution in [3.63, 3.8) is 0 Å². The third kappa shape index (κ3) is 5.12. The van der Waals surface area contributed by atoms with Crippen molar-refractivity contribution >= 4 is 0 Å². The molecule has 0 N–H and O–H groups in total. The molecule has 2 atom stereocenters. The van der Waals surface area contributed by atoms with Crippen molar-refractivity contribution in [2.45, 2.75) is 116 Å². The Bertz CT molecular complexity index is 2010. The lowest BCUT2D eigenvalue weighted by Crippen LogP contribution is -2.44. The Kier molecular flexibility index (Phi) is 7.35. The van der Waals surface area contributed by atoms with Crippen LogP contribution < -0.4 is 28.4 Å². The quantitative estimate of drug-likeness (QED) is 0.216. The van der Waals surface area contributed by atoms with Gasteiger partial charge in [0.1, 0.15) is 6.61 Å². The zero-order valence-corrected chi connectivity index (χ0v) is 30.3. The minimum atomic E-state index is -0.666. The van der Waals surface area contributed by atoms with Crippen LogP contribution in [0.15, 0.2) is 48.5 Å². The number of para-hydroxylation sites is 1. The molecule has 50 heavy (non-hydrogen) atoms. The number of aryl methyl sites for hydroxylation is 2. The molecule has 0 fully saturated rings. The van der Waals surface area contributed by atoms with Crippen molar-refractivity contribution < 1.29 is 28.4 Å². The van der Waals surface area contributed by atoms with Gasteiger partial charge in [0, 0.05) is 16.7 Å². The first-order valence-corrected chi connectivity index (χ1v) is 18.6. The summed E-state index contributed by atoms with van der Waals surface area (Å²) in [5.41, 5.74) is 12.8. The molecule has 260 valence electrons. The van der Waals surface area contributed by atoms with Gasteiger partial charge in [0.05, 0.1) is 0 Å². The molecule has 2 aliphatic carbocycles. The highest BCUT2D eigenvalue weighted by Crippen LogP contribution is 2.55. The molecule has 0 saturated heterocycles. The second kappa shape index (κ2) is 11.6. The fourth-order valence-electron chi connectivity index (χ4n) is 8.80. The Morgan fingerprint density at radius 2 is 1.22 bits per heavy atom. The zero-order valence-electron chi connectivity index (χ0n) is 30.3. The number of fused-ring (bicyclic) bond motifs is 5. The molecule has 0 spiro atoms. The molecule has 0 aromatic heterocycles. The van der Waals surface area contributed by atoms with Crippen molar-refractivity contribution in [3.05, 3.63) is 81.9 Å². The molecule has 0 amide bonds. The lowest BCUT2D eigenvalue weighted by molar-refractivity contribution is -0.0732. The van der Waals surface area contributed by atoms with Gasteiger partial charge in [-0.1, -0.05) is 71.9 Å². The molecule has 4 aromatic carbocycles. The fourth-order valence-corrected chi connectivity index (χ4v) is 8.80.